The van der Waals surface area contributed by atoms with Crippen molar-refractivity contribution in [2.75, 3.05) is 16.3 Å². The second-order valence-corrected chi connectivity index (χ2v) is 12.8. The number of carbonyl (C=O) groups is 1. The van der Waals surface area contributed by atoms with E-state index in [4.69, 9.17) is 4.74 Å². The molecule has 2 aromatic carbocycles. The summed E-state index contributed by atoms with van der Waals surface area (Å²) in [6, 6.07) is 8.20. The number of carboxylic acids is 1. The molecule has 2 aliphatic rings. The zero-order chi connectivity index (χ0) is 32.1. The maximum absolute atomic E-state index is 13.7. The molecule has 6 rings (SSSR count). The van der Waals surface area contributed by atoms with E-state index >= 15 is 0 Å². The van der Waals surface area contributed by atoms with Crippen molar-refractivity contribution in [2.24, 2.45) is 7.05 Å². The van der Waals surface area contributed by atoms with Crippen molar-refractivity contribution in [3.05, 3.63) is 86.1 Å². The van der Waals surface area contributed by atoms with Crippen LogP contribution in [0.4, 0.5) is 38.0 Å². The molecule has 0 fully saturated rings. The van der Waals surface area contributed by atoms with Crippen LogP contribution in [0.1, 0.15) is 61.9 Å². The van der Waals surface area contributed by atoms with E-state index in [2.05, 4.69) is 20.3 Å². The smallest absolute Gasteiger partial charge is 0.416 e. The molecule has 2 atom stereocenters. The third-order valence-electron chi connectivity index (χ3n) is 7.88. The normalized spacial score (nSPS) is 17.2. The third kappa shape index (κ3) is 6.33. The number of benzene rings is 2. The summed E-state index contributed by atoms with van der Waals surface area (Å²) in [6.07, 6.45) is -8.96. The molecule has 0 bridgehead atoms. The number of halogens is 6. The lowest BCUT2D eigenvalue weighted by Gasteiger charge is -2.32. The fraction of sp³-hybridized carbons (Fsp3) is 0.379. The number of hydrogen-bond acceptors (Lipinski definition) is 7. The maximum atomic E-state index is 13.7. The summed E-state index contributed by atoms with van der Waals surface area (Å²) in [6.45, 7) is 0.902. The van der Waals surface area contributed by atoms with Crippen LogP contribution < -0.4 is 9.80 Å². The maximum Gasteiger partial charge on any atom is 0.416 e. The second-order valence-electron chi connectivity index (χ2n) is 10.9. The van der Waals surface area contributed by atoms with E-state index in [1.54, 1.807) is 17.0 Å². The number of ether oxygens (including phenoxy) is 1. The van der Waals surface area contributed by atoms with Crippen molar-refractivity contribution >= 4 is 28.1 Å². The van der Waals surface area contributed by atoms with Gasteiger partial charge in [0.1, 0.15) is 5.38 Å². The summed E-state index contributed by atoms with van der Waals surface area (Å²) in [4.78, 5) is 17.0. The number of nitrogens with zero attached hydrogens (tertiary/aromatic N) is 6. The highest BCUT2D eigenvalue weighted by Crippen LogP contribution is 2.44. The molecule has 1 unspecified atom stereocenters. The Hall–Kier alpha value is -4.18. The number of aryl methyl sites for hydroxylation is 1. The Balaban J connectivity index is 1.46. The van der Waals surface area contributed by atoms with Crippen LogP contribution in [0.5, 0.6) is 0 Å². The standard InChI is InChI=1S/C29H26F6N6O3S/c1-39-37-27(36-38-39)41(13-17-8-20(28(30,31)32)12-21(9-17)29(33,34)35)23-4-2-6-40(16-45-7-3-5-25(45)26(42)43)24-11-19-15-44-14-18(19)10-22(23)24/h3,5,7-12,23H,2,4,6,13-16H2,1H3/p+1/t23-,45?/m0/s1. The summed E-state index contributed by atoms with van der Waals surface area (Å²) in [5.74, 6) is -0.570. The van der Waals surface area contributed by atoms with Crippen LogP contribution in [-0.2, 0) is 49.8 Å². The van der Waals surface area contributed by atoms with E-state index in [1.807, 2.05) is 17.5 Å². The molecule has 0 spiro atoms. The Morgan fingerprint density at radius 1 is 1.07 bits per heavy atom. The van der Waals surface area contributed by atoms with E-state index in [0.29, 0.717) is 50.6 Å². The minimum absolute atomic E-state index is 0.0429. The molecule has 0 aliphatic carbocycles. The SMILES string of the molecule is Cn1nnc(N(Cc2cc(C(F)(F)F)cc(C(F)(F)F)c2)[C@H]2CCCN(C[s+]3cccc3C(=O)O)c3cc4c(cc32)COC4)n1. The molecule has 0 saturated heterocycles. The summed E-state index contributed by atoms with van der Waals surface area (Å²) in [5, 5.41) is 23.8. The summed E-state index contributed by atoms with van der Waals surface area (Å²) < 4.78 is 88.1. The zero-order valence-corrected chi connectivity index (χ0v) is 24.6. The van der Waals surface area contributed by atoms with E-state index in [9.17, 15) is 36.2 Å². The predicted molar refractivity (Wildman–Crippen MR) is 152 cm³/mol. The van der Waals surface area contributed by atoms with Gasteiger partial charge < -0.3 is 19.6 Å². The largest absolute Gasteiger partial charge is 0.474 e. The van der Waals surface area contributed by atoms with Gasteiger partial charge in [-0.3, -0.25) is 0 Å². The number of thiophene rings is 1. The molecular formula is C29H27F6N6O3S+. The molecule has 0 saturated carbocycles. The molecule has 2 aromatic heterocycles. The number of alkyl halides is 6. The van der Waals surface area contributed by atoms with Gasteiger partial charge in [-0.05, 0) is 76.7 Å². The number of aromatic nitrogens is 4. The lowest BCUT2D eigenvalue weighted by Crippen LogP contribution is -2.30. The van der Waals surface area contributed by atoms with Crippen LogP contribution in [0.2, 0.25) is 0 Å². The van der Waals surface area contributed by atoms with Gasteiger partial charge in [-0.25, -0.2) is 4.79 Å². The number of anilines is 2. The monoisotopic (exact) mass is 653 g/mol. The topological polar surface area (TPSA) is 96.6 Å². The third-order valence-corrected chi connectivity index (χ3v) is 9.83. The molecular weight excluding hydrogens is 626 g/mol. The average Bonchev–Trinajstić information content (AvgIpc) is 3.70. The molecule has 1 N–H and O–H groups in total. The molecule has 0 amide bonds. The van der Waals surface area contributed by atoms with Gasteiger partial charge in [0.2, 0.25) is 5.88 Å². The van der Waals surface area contributed by atoms with Gasteiger partial charge >= 0.3 is 18.3 Å². The van der Waals surface area contributed by atoms with Crippen molar-refractivity contribution in [1.29, 1.82) is 0 Å². The quantitative estimate of drug-likeness (QED) is 0.173. The lowest BCUT2D eigenvalue weighted by atomic mass is 9.95. The first-order valence-corrected chi connectivity index (χ1v) is 15.3. The Kier molecular flexibility index (Phi) is 7.97. The highest BCUT2D eigenvalue weighted by atomic mass is 32.2. The molecule has 2 aliphatic heterocycles. The van der Waals surface area contributed by atoms with Crippen LogP contribution in [-0.4, -0.2) is 37.8 Å². The number of rotatable bonds is 7. The molecule has 45 heavy (non-hydrogen) atoms. The summed E-state index contributed by atoms with van der Waals surface area (Å²) in [5.41, 5.74) is 0.388. The zero-order valence-electron chi connectivity index (χ0n) is 23.8. The van der Waals surface area contributed by atoms with Gasteiger partial charge in [0.25, 0.3) is 10.8 Å². The number of tetrazole rings is 1. The van der Waals surface area contributed by atoms with Crippen LogP contribution in [0.3, 0.4) is 0 Å². The van der Waals surface area contributed by atoms with Gasteiger partial charge in [-0.15, -0.1) is 5.10 Å². The van der Waals surface area contributed by atoms with Crippen molar-refractivity contribution in [3.63, 3.8) is 0 Å². The molecule has 4 heterocycles. The number of hydrogen-bond donors (Lipinski definition) is 1. The van der Waals surface area contributed by atoms with E-state index < -0.39 is 46.0 Å². The first kappa shape index (κ1) is 30.8. The van der Waals surface area contributed by atoms with Crippen LogP contribution >= 0.6 is 10.5 Å². The molecule has 16 heteroatoms. The van der Waals surface area contributed by atoms with E-state index in [0.717, 1.165) is 22.4 Å². The number of aromatic carboxylic acids is 1. The van der Waals surface area contributed by atoms with Crippen molar-refractivity contribution in [2.45, 2.75) is 56.9 Å². The van der Waals surface area contributed by atoms with Gasteiger partial charge in [-0.2, -0.15) is 31.1 Å². The summed E-state index contributed by atoms with van der Waals surface area (Å²) in [7, 11) is 0.808. The van der Waals surface area contributed by atoms with E-state index in [-0.39, 0.29) is 29.0 Å². The Labute approximate surface area is 255 Å². The minimum Gasteiger partial charge on any atom is -0.474 e. The lowest BCUT2D eigenvalue weighted by molar-refractivity contribution is -0.143. The Morgan fingerprint density at radius 2 is 1.76 bits per heavy atom. The predicted octanol–water partition coefficient (Wildman–Crippen LogP) is 6.73. The summed E-state index contributed by atoms with van der Waals surface area (Å²) >= 11 is 0. The molecule has 9 nitrogen and oxygen atoms in total. The second kappa shape index (κ2) is 11.6. The highest BCUT2D eigenvalue weighted by Gasteiger charge is 2.38. The number of carboxylic acid groups (broad SMARTS) is 1. The van der Waals surface area contributed by atoms with Gasteiger partial charge in [0, 0.05) is 35.3 Å². The Bertz CT molecular complexity index is 1700. The van der Waals surface area contributed by atoms with Crippen molar-refractivity contribution < 1.29 is 41.0 Å². The molecule has 238 valence electrons. The highest BCUT2D eigenvalue weighted by molar-refractivity contribution is 7.30. The fourth-order valence-electron chi connectivity index (χ4n) is 5.85. The van der Waals surface area contributed by atoms with Crippen molar-refractivity contribution in [3.8, 4) is 0 Å². The minimum atomic E-state index is -5.00. The van der Waals surface area contributed by atoms with Gasteiger partial charge in [0.15, 0.2) is 0 Å². The van der Waals surface area contributed by atoms with Gasteiger partial charge in [-0.1, -0.05) is 5.10 Å². The average molecular weight is 654 g/mol. The Morgan fingerprint density at radius 3 is 2.38 bits per heavy atom. The van der Waals surface area contributed by atoms with Gasteiger partial charge in [0.05, 0.1) is 37.4 Å². The first-order valence-electron chi connectivity index (χ1n) is 13.9. The van der Waals surface area contributed by atoms with E-state index in [1.165, 1.54) is 11.8 Å². The molecule has 4 aromatic rings. The van der Waals surface area contributed by atoms with Crippen LogP contribution in [0.25, 0.3) is 0 Å². The molecule has 0 radical (unpaired) electrons. The first-order chi connectivity index (χ1) is 21.3. The van der Waals surface area contributed by atoms with Crippen molar-refractivity contribution in [1.82, 2.24) is 20.2 Å². The van der Waals surface area contributed by atoms with Crippen LogP contribution in [0, 0.1) is 0 Å². The fourth-order valence-corrected chi connectivity index (χ4v) is 7.57. The van der Waals surface area contributed by atoms with Crippen LogP contribution in [0.15, 0.2) is 47.8 Å². The number of fused-ring (bicyclic) bond motifs is 2.